The molecule has 0 saturated heterocycles. The molecule has 0 spiro atoms. The Hall–Kier alpha value is -3.10. The lowest BCUT2D eigenvalue weighted by Gasteiger charge is -2.10. The van der Waals surface area contributed by atoms with Gasteiger partial charge < -0.3 is 9.88 Å². The highest BCUT2D eigenvalue weighted by Crippen LogP contribution is 2.29. The van der Waals surface area contributed by atoms with Crippen LogP contribution in [0.15, 0.2) is 41.3 Å². The lowest BCUT2D eigenvalue weighted by molar-refractivity contribution is -0.137. The summed E-state index contributed by atoms with van der Waals surface area (Å²) in [6.07, 6.45) is -2.92. The van der Waals surface area contributed by atoms with Gasteiger partial charge in [0.1, 0.15) is 12.1 Å². The molecule has 2 aromatic heterocycles. The van der Waals surface area contributed by atoms with Crippen LogP contribution in [-0.2, 0) is 30.6 Å². The van der Waals surface area contributed by atoms with Crippen molar-refractivity contribution in [3.63, 3.8) is 0 Å². The van der Waals surface area contributed by atoms with E-state index in [1.165, 1.54) is 22.9 Å². The van der Waals surface area contributed by atoms with E-state index in [1.807, 2.05) is 6.92 Å². The average molecular weight is 392 g/mol. The van der Waals surface area contributed by atoms with Gasteiger partial charge in [0.2, 0.25) is 5.91 Å². The molecule has 0 bridgehead atoms. The van der Waals surface area contributed by atoms with Crippen LogP contribution in [0, 0.1) is 6.92 Å². The lowest BCUT2D eigenvalue weighted by atomic mass is 10.1. The molecule has 0 saturated carbocycles. The van der Waals surface area contributed by atoms with Gasteiger partial charge >= 0.3 is 6.18 Å². The molecule has 6 nitrogen and oxygen atoms in total. The molecule has 28 heavy (non-hydrogen) atoms. The van der Waals surface area contributed by atoms with E-state index in [4.69, 9.17) is 0 Å². The lowest BCUT2D eigenvalue weighted by Crippen LogP contribution is -2.32. The van der Waals surface area contributed by atoms with Gasteiger partial charge in [-0.1, -0.05) is 12.1 Å². The minimum Gasteiger partial charge on any atom is -0.350 e. The van der Waals surface area contributed by atoms with E-state index < -0.39 is 17.6 Å². The Balaban J connectivity index is 1.74. The first-order valence-electron chi connectivity index (χ1n) is 8.70. The number of carbonyl (C=O) groups is 1. The quantitative estimate of drug-likeness (QED) is 0.726. The highest BCUT2D eigenvalue weighted by Gasteiger charge is 2.30. The normalized spacial score (nSPS) is 11.8. The molecule has 9 heteroatoms. The number of aromatic nitrogens is 3. The molecule has 0 radical (unpaired) electrons. The summed E-state index contributed by atoms with van der Waals surface area (Å²) < 4.78 is 41.1. The third-order valence-corrected chi connectivity index (χ3v) is 4.42. The number of amides is 1. The van der Waals surface area contributed by atoms with Crippen molar-refractivity contribution in [1.82, 2.24) is 19.7 Å². The highest BCUT2D eigenvalue weighted by atomic mass is 19.4. The summed E-state index contributed by atoms with van der Waals surface area (Å²) in [4.78, 5) is 24.9. The smallest absolute Gasteiger partial charge is 0.350 e. The van der Waals surface area contributed by atoms with Crippen molar-refractivity contribution in [1.29, 1.82) is 0 Å². The van der Waals surface area contributed by atoms with Crippen molar-refractivity contribution in [2.24, 2.45) is 0 Å². The summed E-state index contributed by atoms with van der Waals surface area (Å²) in [5.74, 6) is -0.474. The Morgan fingerprint density at radius 2 is 2.00 bits per heavy atom. The number of fused-ring (bicyclic) bond motifs is 1. The molecule has 1 N–H and O–H groups in total. The number of aryl methyl sites for hydroxylation is 2. The fourth-order valence-corrected chi connectivity index (χ4v) is 3.01. The van der Waals surface area contributed by atoms with Crippen molar-refractivity contribution in [2.75, 3.05) is 0 Å². The number of hydrogen-bond donors (Lipinski definition) is 1. The number of alkyl halides is 3. The molecule has 0 atom stereocenters. The monoisotopic (exact) mass is 392 g/mol. The SMILES string of the molecule is CCn1nc(C)c2ccn(CC(=O)NCc3cccc(C(F)(F)F)c3)c(=O)c21. The first-order chi connectivity index (χ1) is 13.2. The second-order valence-electron chi connectivity index (χ2n) is 6.39. The molecule has 148 valence electrons. The van der Waals surface area contributed by atoms with Gasteiger partial charge in [-0.25, -0.2) is 0 Å². The zero-order valence-corrected chi connectivity index (χ0v) is 15.4. The van der Waals surface area contributed by atoms with Crippen LogP contribution in [0.1, 0.15) is 23.7 Å². The second-order valence-corrected chi connectivity index (χ2v) is 6.39. The summed E-state index contributed by atoms with van der Waals surface area (Å²) in [6, 6.07) is 6.47. The zero-order valence-electron chi connectivity index (χ0n) is 15.4. The van der Waals surface area contributed by atoms with Gasteiger partial charge in [-0.15, -0.1) is 0 Å². The molecule has 1 aromatic carbocycles. The van der Waals surface area contributed by atoms with Crippen molar-refractivity contribution >= 4 is 16.8 Å². The maximum absolute atomic E-state index is 12.8. The molecule has 3 rings (SSSR count). The van der Waals surface area contributed by atoms with Crippen molar-refractivity contribution in [2.45, 2.75) is 39.7 Å². The minimum absolute atomic E-state index is 0.0637. The molecule has 3 aromatic rings. The summed E-state index contributed by atoms with van der Waals surface area (Å²) in [6.45, 7) is 3.89. The Kier molecular flexibility index (Phi) is 5.26. The van der Waals surface area contributed by atoms with Gasteiger partial charge in [0.15, 0.2) is 0 Å². The molecular formula is C19H19F3N4O2. The predicted molar refractivity (Wildman–Crippen MR) is 97.7 cm³/mol. The maximum Gasteiger partial charge on any atom is 0.416 e. The standard InChI is InChI=1S/C19H19F3N4O2/c1-3-26-17-15(12(2)24-26)7-8-25(18(17)28)11-16(27)23-10-13-5-4-6-14(9-13)19(20,21)22/h4-9H,3,10-11H2,1-2H3,(H,23,27). The van der Waals surface area contributed by atoms with Gasteiger partial charge in [0.25, 0.3) is 5.56 Å². The zero-order chi connectivity index (χ0) is 20.5. The van der Waals surface area contributed by atoms with Crippen LogP contribution in [0.2, 0.25) is 0 Å². The fourth-order valence-electron chi connectivity index (χ4n) is 3.01. The van der Waals surface area contributed by atoms with E-state index in [0.717, 1.165) is 23.2 Å². The van der Waals surface area contributed by atoms with Crippen molar-refractivity contribution in [3.05, 3.63) is 63.7 Å². The molecule has 0 fully saturated rings. The largest absolute Gasteiger partial charge is 0.416 e. The van der Waals surface area contributed by atoms with E-state index in [-0.39, 0.29) is 18.6 Å². The number of pyridine rings is 1. The molecule has 0 unspecified atom stereocenters. The topological polar surface area (TPSA) is 68.9 Å². The maximum atomic E-state index is 12.8. The first-order valence-corrected chi connectivity index (χ1v) is 8.70. The Labute approximate surface area is 158 Å². The summed E-state index contributed by atoms with van der Waals surface area (Å²) >= 11 is 0. The molecule has 0 aliphatic heterocycles. The summed E-state index contributed by atoms with van der Waals surface area (Å²) in [5.41, 5.74) is 0.368. The van der Waals surface area contributed by atoms with Crippen LogP contribution in [0.25, 0.3) is 10.9 Å². The third kappa shape index (κ3) is 3.92. The van der Waals surface area contributed by atoms with Gasteiger partial charge in [-0.2, -0.15) is 18.3 Å². The van der Waals surface area contributed by atoms with E-state index in [2.05, 4.69) is 10.4 Å². The number of nitrogens with one attached hydrogen (secondary N) is 1. The average Bonchev–Trinajstić information content (AvgIpc) is 2.98. The predicted octanol–water partition coefficient (Wildman–Crippen LogP) is 2.86. The van der Waals surface area contributed by atoms with E-state index >= 15 is 0 Å². The molecule has 0 aliphatic carbocycles. The van der Waals surface area contributed by atoms with Crippen LogP contribution >= 0.6 is 0 Å². The van der Waals surface area contributed by atoms with Gasteiger partial charge in [-0.05, 0) is 37.6 Å². The molecule has 2 heterocycles. The summed E-state index contributed by atoms with van der Waals surface area (Å²) in [7, 11) is 0. The molecule has 1 amide bonds. The van der Waals surface area contributed by atoms with Gasteiger partial charge in [0, 0.05) is 24.7 Å². The van der Waals surface area contributed by atoms with Crippen LogP contribution in [0.5, 0.6) is 0 Å². The number of benzene rings is 1. The number of nitrogens with zero attached hydrogens (tertiary/aromatic N) is 3. The van der Waals surface area contributed by atoms with Gasteiger partial charge in [0.05, 0.1) is 11.3 Å². The highest BCUT2D eigenvalue weighted by molar-refractivity contribution is 5.81. The number of hydrogen-bond acceptors (Lipinski definition) is 3. The van der Waals surface area contributed by atoms with Crippen molar-refractivity contribution in [3.8, 4) is 0 Å². The van der Waals surface area contributed by atoms with Gasteiger partial charge in [-0.3, -0.25) is 14.3 Å². The van der Waals surface area contributed by atoms with Crippen LogP contribution in [0.4, 0.5) is 13.2 Å². The second kappa shape index (κ2) is 7.49. The Bertz CT molecular complexity index is 1080. The molecular weight excluding hydrogens is 373 g/mol. The van der Waals surface area contributed by atoms with Crippen LogP contribution < -0.4 is 10.9 Å². The van der Waals surface area contributed by atoms with Crippen LogP contribution in [0.3, 0.4) is 0 Å². The van der Waals surface area contributed by atoms with E-state index in [1.54, 1.807) is 17.7 Å². The third-order valence-electron chi connectivity index (χ3n) is 4.42. The van der Waals surface area contributed by atoms with E-state index in [9.17, 15) is 22.8 Å². The fraction of sp³-hybridized carbons (Fsp3) is 0.316. The molecule has 0 aliphatic rings. The first kappa shape index (κ1) is 19.7. The minimum atomic E-state index is -4.44. The van der Waals surface area contributed by atoms with Crippen LogP contribution in [-0.4, -0.2) is 20.3 Å². The van der Waals surface area contributed by atoms with Crippen molar-refractivity contribution < 1.29 is 18.0 Å². The summed E-state index contributed by atoms with van der Waals surface area (Å²) in [5, 5.41) is 7.58. The number of rotatable bonds is 5. The Morgan fingerprint density at radius 3 is 2.68 bits per heavy atom. The van der Waals surface area contributed by atoms with E-state index in [0.29, 0.717) is 17.6 Å². The number of carbonyl (C=O) groups excluding carboxylic acids is 1. The Morgan fingerprint density at radius 1 is 1.25 bits per heavy atom. The number of halogens is 3.